The first-order valence-electron chi connectivity index (χ1n) is 12.5. The summed E-state index contributed by atoms with van der Waals surface area (Å²) in [6, 6.07) is 17.3. The molecule has 1 fully saturated rings. The lowest BCUT2D eigenvalue weighted by atomic mass is 9.95. The molecule has 162 valence electrons. The van der Waals surface area contributed by atoms with Gasteiger partial charge >= 0.3 is 0 Å². The Labute approximate surface area is 190 Å². The number of allylic oxidation sites excluding steroid dienone is 2. The van der Waals surface area contributed by atoms with E-state index < -0.39 is 8.07 Å². The summed E-state index contributed by atoms with van der Waals surface area (Å²) in [7, 11) is -1.65. The van der Waals surface area contributed by atoms with E-state index in [9.17, 15) is 0 Å². The maximum absolute atomic E-state index is 2.57. The minimum absolute atomic E-state index is 0.585. The average Bonchev–Trinajstić information content (AvgIpc) is 3.41. The number of hydrogen-bond acceptors (Lipinski definition) is 0. The molecule has 3 aliphatic rings. The van der Waals surface area contributed by atoms with Crippen LogP contribution < -0.4 is 0 Å². The van der Waals surface area contributed by atoms with Crippen LogP contribution >= 0.6 is 0 Å². The van der Waals surface area contributed by atoms with Crippen LogP contribution in [0.2, 0.25) is 12.1 Å². The van der Waals surface area contributed by atoms with Crippen molar-refractivity contribution >= 4 is 20.2 Å². The van der Waals surface area contributed by atoms with Crippen LogP contribution in [-0.4, -0.2) is 8.07 Å². The second-order valence-electron chi connectivity index (χ2n) is 11.1. The SMILES string of the molecule is CC1=Cc2c(C(C)C)cccc2C1[Si]1(C2C(C)=Cc3c(C(C)C)cccc32)CCCC1. The minimum Gasteiger partial charge on any atom is -0.0679 e. The summed E-state index contributed by atoms with van der Waals surface area (Å²) in [5.41, 5.74) is 14.2. The fourth-order valence-corrected chi connectivity index (χ4v) is 14.7. The van der Waals surface area contributed by atoms with E-state index in [0.29, 0.717) is 22.9 Å². The fraction of sp³-hybridized carbons (Fsp3) is 0.467. The Bertz CT molecular complexity index is 994. The fourth-order valence-electron chi connectivity index (χ4n) is 7.46. The maximum atomic E-state index is 2.57. The molecule has 2 aromatic rings. The highest BCUT2D eigenvalue weighted by molar-refractivity contribution is 6.84. The van der Waals surface area contributed by atoms with E-state index in [1.807, 2.05) is 0 Å². The molecule has 0 N–H and O–H groups in total. The van der Waals surface area contributed by atoms with Crippen molar-refractivity contribution in [2.75, 3.05) is 0 Å². The molecule has 0 amide bonds. The van der Waals surface area contributed by atoms with E-state index in [0.717, 1.165) is 0 Å². The van der Waals surface area contributed by atoms with Crippen molar-refractivity contribution in [2.45, 2.75) is 89.4 Å². The van der Waals surface area contributed by atoms with Crippen molar-refractivity contribution in [3.05, 3.63) is 80.9 Å². The van der Waals surface area contributed by atoms with E-state index in [1.54, 1.807) is 44.5 Å². The summed E-state index contributed by atoms with van der Waals surface area (Å²) >= 11 is 0. The van der Waals surface area contributed by atoms with Crippen LogP contribution in [0, 0.1) is 0 Å². The molecule has 5 rings (SSSR count). The van der Waals surface area contributed by atoms with Crippen LogP contribution in [-0.2, 0) is 0 Å². The van der Waals surface area contributed by atoms with Gasteiger partial charge in [-0.2, -0.15) is 0 Å². The second kappa shape index (κ2) is 7.62. The van der Waals surface area contributed by atoms with Crippen molar-refractivity contribution < 1.29 is 0 Å². The summed E-state index contributed by atoms with van der Waals surface area (Å²) in [6.07, 6.45) is 8.00. The molecule has 0 radical (unpaired) electrons. The third kappa shape index (κ3) is 3.07. The van der Waals surface area contributed by atoms with Gasteiger partial charge in [0, 0.05) is 11.1 Å². The highest BCUT2D eigenvalue weighted by atomic mass is 28.3. The predicted molar refractivity (Wildman–Crippen MR) is 138 cm³/mol. The molecule has 1 saturated heterocycles. The standard InChI is InChI=1S/C30H38Si/c1-19(2)23-11-9-13-25-27(23)17-21(5)29(25)31(15-7-8-16-31)30-22(6)18-28-24(20(3)4)12-10-14-26(28)30/h9-14,17-20,29-30H,7-8,15-16H2,1-6H3. The number of hydrogen-bond donors (Lipinski definition) is 0. The van der Waals surface area contributed by atoms with Crippen molar-refractivity contribution in [1.82, 2.24) is 0 Å². The maximum Gasteiger partial charge on any atom is 0.0781 e. The number of benzene rings is 2. The lowest BCUT2D eigenvalue weighted by Crippen LogP contribution is -2.45. The highest BCUT2D eigenvalue weighted by Gasteiger charge is 2.54. The molecule has 2 aliphatic carbocycles. The summed E-state index contributed by atoms with van der Waals surface area (Å²) in [5.74, 6) is 1.17. The van der Waals surface area contributed by atoms with Gasteiger partial charge in [-0.3, -0.25) is 0 Å². The zero-order chi connectivity index (χ0) is 21.9. The Morgan fingerprint density at radius 2 is 1.10 bits per heavy atom. The quantitative estimate of drug-likeness (QED) is 0.428. The lowest BCUT2D eigenvalue weighted by molar-refractivity contribution is 0.856. The van der Waals surface area contributed by atoms with Crippen LogP contribution in [0.5, 0.6) is 0 Å². The number of rotatable bonds is 4. The molecule has 2 aromatic carbocycles. The smallest absolute Gasteiger partial charge is 0.0679 e. The topological polar surface area (TPSA) is 0 Å². The Hall–Kier alpha value is -1.86. The zero-order valence-electron chi connectivity index (χ0n) is 20.3. The highest BCUT2D eigenvalue weighted by Crippen LogP contribution is 2.59. The van der Waals surface area contributed by atoms with E-state index in [1.165, 1.54) is 24.9 Å². The molecule has 0 bridgehead atoms. The number of fused-ring (bicyclic) bond motifs is 2. The predicted octanol–water partition coefficient (Wildman–Crippen LogP) is 8.96. The summed E-state index contributed by atoms with van der Waals surface area (Å²) in [5, 5.41) is 0. The summed E-state index contributed by atoms with van der Waals surface area (Å²) in [4.78, 5) is 0. The van der Waals surface area contributed by atoms with Gasteiger partial charge in [-0.25, -0.2) is 0 Å². The molecule has 2 unspecified atom stereocenters. The molecule has 31 heavy (non-hydrogen) atoms. The minimum atomic E-state index is -1.65. The van der Waals surface area contributed by atoms with Gasteiger partial charge in [0.2, 0.25) is 0 Å². The first-order valence-corrected chi connectivity index (χ1v) is 15.0. The molecular formula is C30H38Si. The zero-order valence-corrected chi connectivity index (χ0v) is 21.3. The van der Waals surface area contributed by atoms with Crippen LogP contribution in [0.1, 0.15) is 111 Å². The Morgan fingerprint density at radius 1 is 0.677 bits per heavy atom. The monoisotopic (exact) mass is 426 g/mol. The van der Waals surface area contributed by atoms with Gasteiger partial charge in [0.25, 0.3) is 0 Å². The van der Waals surface area contributed by atoms with Gasteiger partial charge in [0.15, 0.2) is 0 Å². The lowest BCUT2D eigenvalue weighted by Gasteiger charge is -2.42. The first-order chi connectivity index (χ1) is 14.8. The van der Waals surface area contributed by atoms with Gasteiger partial charge in [0.05, 0.1) is 8.07 Å². The Balaban J connectivity index is 1.69. The van der Waals surface area contributed by atoms with Crippen LogP contribution in [0.4, 0.5) is 0 Å². The molecule has 0 spiro atoms. The van der Waals surface area contributed by atoms with Crippen molar-refractivity contribution in [3.8, 4) is 0 Å². The van der Waals surface area contributed by atoms with E-state index >= 15 is 0 Å². The average molecular weight is 427 g/mol. The Kier molecular flexibility index (Phi) is 5.17. The van der Waals surface area contributed by atoms with E-state index in [2.05, 4.69) is 90.1 Å². The van der Waals surface area contributed by atoms with Crippen molar-refractivity contribution in [2.24, 2.45) is 0 Å². The summed E-state index contributed by atoms with van der Waals surface area (Å²) in [6.45, 7) is 14.3. The van der Waals surface area contributed by atoms with Crippen LogP contribution in [0.3, 0.4) is 0 Å². The van der Waals surface area contributed by atoms with Gasteiger partial charge in [-0.05, 0) is 59.1 Å². The molecule has 0 nitrogen and oxygen atoms in total. The molecule has 0 saturated carbocycles. The van der Waals surface area contributed by atoms with Gasteiger partial charge in [-0.1, -0.05) is 112 Å². The molecule has 2 atom stereocenters. The first kappa shape index (κ1) is 21.0. The van der Waals surface area contributed by atoms with Crippen molar-refractivity contribution in [1.29, 1.82) is 0 Å². The van der Waals surface area contributed by atoms with Gasteiger partial charge in [-0.15, -0.1) is 0 Å². The van der Waals surface area contributed by atoms with Crippen LogP contribution in [0.25, 0.3) is 12.2 Å². The van der Waals surface area contributed by atoms with Crippen molar-refractivity contribution in [3.63, 3.8) is 0 Å². The van der Waals surface area contributed by atoms with Gasteiger partial charge in [0.1, 0.15) is 0 Å². The third-order valence-electron chi connectivity index (χ3n) is 8.55. The molecule has 1 aliphatic heterocycles. The largest absolute Gasteiger partial charge is 0.0781 e. The normalized spacial score (nSPS) is 23.9. The second-order valence-corrected chi connectivity index (χ2v) is 15.7. The molecule has 0 aromatic heterocycles. The van der Waals surface area contributed by atoms with E-state index in [-0.39, 0.29) is 0 Å². The summed E-state index contributed by atoms with van der Waals surface area (Å²) < 4.78 is 0. The molecule has 1 heterocycles. The van der Waals surface area contributed by atoms with Crippen LogP contribution in [0.15, 0.2) is 47.5 Å². The molecular weight excluding hydrogens is 388 g/mol. The third-order valence-corrected chi connectivity index (χ3v) is 15.0. The Morgan fingerprint density at radius 3 is 1.48 bits per heavy atom. The molecule has 1 heteroatoms. The van der Waals surface area contributed by atoms with Gasteiger partial charge < -0.3 is 0 Å². The van der Waals surface area contributed by atoms with E-state index in [4.69, 9.17) is 0 Å².